The van der Waals surface area contributed by atoms with Crippen molar-refractivity contribution in [3.63, 3.8) is 0 Å². The minimum atomic E-state index is -0.513. The average molecular weight is 371 g/mol. The van der Waals surface area contributed by atoms with Crippen molar-refractivity contribution < 1.29 is 14.3 Å². The molecule has 6 heteroatoms. The zero-order valence-electron chi connectivity index (χ0n) is 14.8. The third-order valence-electron chi connectivity index (χ3n) is 3.86. The molecule has 2 aromatic carbocycles. The Labute approximate surface area is 157 Å². The van der Waals surface area contributed by atoms with Crippen LogP contribution in [-0.2, 0) is 0 Å². The van der Waals surface area contributed by atoms with Gasteiger partial charge in [0.15, 0.2) is 0 Å². The maximum Gasteiger partial charge on any atom is 0.348 e. The van der Waals surface area contributed by atoms with E-state index in [9.17, 15) is 4.79 Å². The van der Waals surface area contributed by atoms with Crippen molar-refractivity contribution >= 4 is 17.6 Å². The summed E-state index contributed by atoms with van der Waals surface area (Å²) in [5.41, 5.74) is 1.87. The fraction of sp³-hybridized carbons (Fsp3) is 0.200. The van der Waals surface area contributed by atoms with Crippen LogP contribution >= 0.6 is 11.6 Å². The Balaban J connectivity index is 2.00. The van der Waals surface area contributed by atoms with Gasteiger partial charge in [-0.1, -0.05) is 43.6 Å². The zero-order valence-corrected chi connectivity index (χ0v) is 15.5. The van der Waals surface area contributed by atoms with Crippen molar-refractivity contribution in [2.24, 2.45) is 0 Å². The Kier molecular flexibility index (Phi) is 5.28. The Morgan fingerprint density at radius 1 is 1.12 bits per heavy atom. The number of rotatable bonds is 5. The number of methoxy groups -OCH3 is 1. The molecule has 0 amide bonds. The SMILES string of the molecule is COc1ccccc1C(=O)Oc1cc(C(C)C)nn1-c1cccc(Cl)c1. The van der Waals surface area contributed by atoms with Crippen LogP contribution in [0.15, 0.2) is 54.6 Å². The van der Waals surface area contributed by atoms with Crippen molar-refractivity contribution in [2.75, 3.05) is 7.11 Å². The highest BCUT2D eigenvalue weighted by molar-refractivity contribution is 6.30. The van der Waals surface area contributed by atoms with E-state index < -0.39 is 5.97 Å². The van der Waals surface area contributed by atoms with Gasteiger partial charge in [-0.15, -0.1) is 0 Å². The number of benzene rings is 2. The van der Waals surface area contributed by atoms with Crippen molar-refractivity contribution in [3.05, 3.63) is 70.9 Å². The van der Waals surface area contributed by atoms with Gasteiger partial charge < -0.3 is 9.47 Å². The predicted octanol–water partition coefficient (Wildman–Crippen LogP) is 4.88. The van der Waals surface area contributed by atoms with E-state index in [0.29, 0.717) is 27.9 Å². The van der Waals surface area contributed by atoms with Gasteiger partial charge in [-0.25, -0.2) is 9.48 Å². The van der Waals surface area contributed by atoms with Gasteiger partial charge >= 0.3 is 5.97 Å². The zero-order chi connectivity index (χ0) is 18.7. The van der Waals surface area contributed by atoms with Crippen molar-refractivity contribution in [1.29, 1.82) is 0 Å². The highest BCUT2D eigenvalue weighted by Crippen LogP contribution is 2.27. The molecular weight excluding hydrogens is 352 g/mol. The van der Waals surface area contributed by atoms with E-state index in [1.54, 1.807) is 47.1 Å². The van der Waals surface area contributed by atoms with Crippen LogP contribution in [0.5, 0.6) is 11.6 Å². The van der Waals surface area contributed by atoms with E-state index in [4.69, 9.17) is 21.1 Å². The van der Waals surface area contributed by atoms with E-state index in [1.165, 1.54) is 7.11 Å². The van der Waals surface area contributed by atoms with Gasteiger partial charge in [0.25, 0.3) is 0 Å². The molecule has 3 aromatic rings. The molecule has 26 heavy (non-hydrogen) atoms. The lowest BCUT2D eigenvalue weighted by molar-refractivity contribution is 0.0719. The first-order valence-corrected chi connectivity index (χ1v) is 8.58. The lowest BCUT2D eigenvalue weighted by Gasteiger charge is -2.10. The maximum atomic E-state index is 12.7. The van der Waals surface area contributed by atoms with Gasteiger partial charge in [-0.05, 0) is 36.2 Å². The maximum absolute atomic E-state index is 12.7. The Hall–Kier alpha value is -2.79. The Morgan fingerprint density at radius 3 is 2.58 bits per heavy atom. The molecule has 0 unspecified atom stereocenters. The standard InChI is InChI=1S/C20H19ClN2O3/c1-13(2)17-12-19(23(22-17)15-8-6-7-14(21)11-15)26-20(24)16-9-4-5-10-18(16)25-3/h4-13H,1-3H3. The highest BCUT2D eigenvalue weighted by atomic mass is 35.5. The second-order valence-electron chi connectivity index (χ2n) is 6.04. The number of carbonyl (C=O) groups is 1. The number of ether oxygens (including phenoxy) is 2. The molecule has 0 aliphatic heterocycles. The first-order chi connectivity index (χ1) is 12.5. The van der Waals surface area contributed by atoms with E-state index >= 15 is 0 Å². The van der Waals surface area contributed by atoms with Crippen LogP contribution in [0.25, 0.3) is 5.69 Å². The van der Waals surface area contributed by atoms with Gasteiger partial charge in [0, 0.05) is 11.1 Å². The highest BCUT2D eigenvalue weighted by Gasteiger charge is 2.19. The Morgan fingerprint density at radius 2 is 1.88 bits per heavy atom. The van der Waals surface area contributed by atoms with E-state index in [1.807, 2.05) is 26.0 Å². The number of hydrogen-bond acceptors (Lipinski definition) is 4. The molecule has 0 saturated heterocycles. The van der Waals surface area contributed by atoms with Gasteiger partial charge in [0.2, 0.25) is 5.88 Å². The van der Waals surface area contributed by atoms with E-state index in [0.717, 1.165) is 5.69 Å². The third-order valence-corrected chi connectivity index (χ3v) is 4.10. The average Bonchev–Trinajstić information content (AvgIpc) is 3.05. The van der Waals surface area contributed by atoms with Crippen molar-refractivity contribution in [1.82, 2.24) is 9.78 Å². The summed E-state index contributed by atoms with van der Waals surface area (Å²) in [4.78, 5) is 12.7. The number of hydrogen-bond donors (Lipinski definition) is 0. The molecular formula is C20H19ClN2O3. The molecule has 0 saturated carbocycles. The van der Waals surface area contributed by atoms with E-state index in [-0.39, 0.29) is 5.92 Å². The number of aromatic nitrogens is 2. The second-order valence-corrected chi connectivity index (χ2v) is 6.48. The molecule has 0 fully saturated rings. The van der Waals surface area contributed by atoms with Gasteiger partial charge in [-0.2, -0.15) is 5.10 Å². The van der Waals surface area contributed by atoms with Gasteiger partial charge in [0.1, 0.15) is 11.3 Å². The monoisotopic (exact) mass is 370 g/mol. The number of halogens is 1. The van der Waals surface area contributed by atoms with Crippen LogP contribution in [0.3, 0.4) is 0 Å². The van der Waals surface area contributed by atoms with Gasteiger partial charge in [0.05, 0.1) is 18.5 Å². The summed E-state index contributed by atoms with van der Waals surface area (Å²) >= 11 is 6.09. The number of carbonyl (C=O) groups excluding carboxylic acids is 1. The molecule has 0 atom stereocenters. The molecule has 0 aliphatic carbocycles. The van der Waals surface area contributed by atoms with Crippen LogP contribution in [0, 0.1) is 0 Å². The number of nitrogens with zero attached hydrogens (tertiary/aromatic N) is 2. The van der Waals surface area contributed by atoms with Crippen LogP contribution < -0.4 is 9.47 Å². The summed E-state index contributed by atoms with van der Waals surface area (Å²) in [5, 5.41) is 5.14. The van der Waals surface area contributed by atoms with Crippen LogP contribution in [-0.4, -0.2) is 22.9 Å². The largest absolute Gasteiger partial charge is 0.496 e. The first kappa shape index (κ1) is 18.0. The van der Waals surface area contributed by atoms with Crippen LogP contribution in [0.4, 0.5) is 0 Å². The topological polar surface area (TPSA) is 53.4 Å². The van der Waals surface area contributed by atoms with Crippen LogP contribution in [0.2, 0.25) is 5.02 Å². The lowest BCUT2D eigenvalue weighted by Crippen LogP contribution is -2.12. The summed E-state index contributed by atoms with van der Waals surface area (Å²) in [5.74, 6) is 0.447. The molecule has 1 aromatic heterocycles. The van der Waals surface area contributed by atoms with Crippen molar-refractivity contribution in [2.45, 2.75) is 19.8 Å². The van der Waals surface area contributed by atoms with Crippen molar-refractivity contribution in [3.8, 4) is 17.3 Å². The summed E-state index contributed by atoms with van der Waals surface area (Å²) in [6, 6.07) is 15.9. The smallest absolute Gasteiger partial charge is 0.348 e. The summed E-state index contributed by atoms with van der Waals surface area (Å²) < 4.78 is 12.5. The normalized spacial score (nSPS) is 10.8. The summed E-state index contributed by atoms with van der Waals surface area (Å²) in [6.45, 7) is 4.05. The molecule has 134 valence electrons. The van der Waals surface area contributed by atoms with E-state index in [2.05, 4.69) is 5.10 Å². The quantitative estimate of drug-likeness (QED) is 0.601. The molecule has 0 N–H and O–H groups in total. The molecule has 5 nitrogen and oxygen atoms in total. The lowest BCUT2D eigenvalue weighted by atomic mass is 10.1. The van der Waals surface area contributed by atoms with Gasteiger partial charge in [-0.3, -0.25) is 0 Å². The molecule has 3 rings (SSSR count). The molecule has 0 radical (unpaired) electrons. The molecule has 1 heterocycles. The molecule has 0 bridgehead atoms. The predicted molar refractivity (Wildman–Crippen MR) is 101 cm³/mol. The fourth-order valence-corrected chi connectivity index (χ4v) is 2.68. The number of esters is 1. The Bertz CT molecular complexity index is 934. The minimum absolute atomic E-state index is 0.180. The third kappa shape index (κ3) is 3.73. The van der Waals surface area contributed by atoms with Crippen LogP contribution in [0.1, 0.15) is 35.8 Å². The fourth-order valence-electron chi connectivity index (χ4n) is 2.49. The minimum Gasteiger partial charge on any atom is -0.496 e. The summed E-state index contributed by atoms with van der Waals surface area (Å²) in [6.07, 6.45) is 0. The summed E-state index contributed by atoms with van der Waals surface area (Å²) in [7, 11) is 1.51. The first-order valence-electron chi connectivity index (χ1n) is 8.20. The number of para-hydroxylation sites is 1. The second kappa shape index (κ2) is 7.62. The molecule has 0 aliphatic rings. The molecule has 0 spiro atoms.